The molecule has 0 bridgehead atoms. The number of fused-ring (bicyclic) bond motifs is 18. The van der Waals surface area contributed by atoms with Gasteiger partial charge in [-0.1, -0.05) is 158 Å². The van der Waals surface area contributed by atoms with Crippen LogP contribution < -0.4 is 63.2 Å². The first kappa shape index (κ1) is 74.0. The molecule has 542 valence electrons. The minimum absolute atomic E-state index is 0. The van der Waals surface area contributed by atoms with E-state index in [-0.39, 0.29) is 69.6 Å². The second-order valence-electron chi connectivity index (χ2n) is 32.0. The molecular formula is C99H95BrClIN6. The van der Waals surface area contributed by atoms with Crippen LogP contribution in [0.15, 0.2) is 267 Å². The molecule has 13 aromatic rings. The minimum atomic E-state index is -0.0657. The van der Waals surface area contributed by atoms with Crippen molar-refractivity contribution in [2.24, 2.45) is 0 Å². The van der Waals surface area contributed by atoms with Crippen LogP contribution in [0.2, 0.25) is 0 Å². The zero-order valence-electron chi connectivity index (χ0n) is 63.7. The summed E-state index contributed by atoms with van der Waals surface area (Å²) in [4.78, 5) is 5.20. The standard InChI is InChI=1S/2C34H33N2.C31H29N2.BrH.ClH.HI/c2*1-34(2)32(35(3)31-20-18-24-10-7-8-13-26(24)33(31)34)21-17-23-16-19-30-28(22-23)27-14-9-15-29(27)36(30)25-11-5-4-6-12-25;1-5-33-26-13-9-8-12-24(26)25-20-21(14-17-27(25)33)15-19-29-31(2,3)30-23-11-7-6-10-22(23)16-18-28(30)32(29)4;;;/h2*4-8,10-13,16-22,27,29H,9,14-15H2,1-3H3;6-20H,5H2,1-4H3;3*1H/q3*+1;;;/p-3. The molecule has 6 nitrogen and oxygen atoms in total. The van der Waals surface area contributed by atoms with E-state index in [1.54, 1.807) is 0 Å². The summed E-state index contributed by atoms with van der Waals surface area (Å²) in [5.74, 6) is 1.28. The monoisotopic (exact) mass is 1610 g/mol. The summed E-state index contributed by atoms with van der Waals surface area (Å²) in [7, 11) is 6.62. The number of benzene rings is 12. The Balaban J connectivity index is 0.000000128. The smallest absolute Gasteiger partial charge is 0.210 e. The van der Waals surface area contributed by atoms with Gasteiger partial charge in [-0.05, 0) is 237 Å². The molecule has 4 unspecified atom stereocenters. The summed E-state index contributed by atoms with van der Waals surface area (Å²) in [6.07, 6.45) is 21.8. The van der Waals surface area contributed by atoms with E-state index >= 15 is 0 Å². The van der Waals surface area contributed by atoms with Crippen molar-refractivity contribution in [3.05, 3.63) is 311 Å². The lowest BCUT2D eigenvalue weighted by atomic mass is 9.79. The van der Waals surface area contributed by atoms with Crippen molar-refractivity contribution < 1.29 is 67.1 Å². The van der Waals surface area contributed by atoms with Crippen molar-refractivity contribution in [2.45, 2.75) is 134 Å². The molecule has 1 aromatic heterocycles. The average Bonchev–Trinajstić information content (AvgIpc) is 1.59. The molecule has 0 radical (unpaired) electrons. The van der Waals surface area contributed by atoms with Crippen LogP contribution in [0.4, 0.5) is 39.8 Å². The Morgan fingerprint density at radius 2 is 0.704 bits per heavy atom. The largest absolute Gasteiger partial charge is 1.00 e. The first-order valence-electron chi connectivity index (χ1n) is 38.5. The van der Waals surface area contributed by atoms with Crippen LogP contribution in [-0.4, -0.2) is 68.7 Å². The Morgan fingerprint density at radius 1 is 0.361 bits per heavy atom. The highest BCUT2D eigenvalue weighted by molar-refractivity contribution is 6.13. The predicted octanol–water partition coefficient (Wildman–Crippen LogP) is 15.4. The molecule has 5 aliphatic heterocycles. The molecule has 6 heterocycles. The number of aryl methyl sites for hydroxylation is 1. The number of aromatic nitrogens is 1. The molecule has 0 N–H and O–H groups in total. The summed E-state index contributed by atoms with van der Waals surface area (Å²) in [6, 6.07) is 92.8. The van der Waals surface area contributed by atoms with Gasteiger partial charge in [0.1, 0.15) is 21.1 Å². The van der Waals surface area contributed by atoms with Gasteiger partial charge >= 0.3 is 0 Å². The van der Waals surface area contributed by atoms with Gasteiger partial charge in [0.15, 0.2) is 17.1 Å². The Morgan fingerprint density at radius 3 is 1.10 bits per heavy atom. The maximum Gasteiger partial charge on any atom is 0.210 e. The summed E-state index contributed by atoms with van der Waals surface area (Å²) < 4.78 is 9.54. The predicted molar refractivity (Wildman–Crippen MR) is 447 cm³/mol. The van der Waals surface area contributed by atoms with Gasteiger partial charge < -0.3 is 67.7 Å². The highest BCUT2D eigenvalue weighted by Gasteiger charge is 2.48. The number of nitrogens with zero attached hydrogens (tertiary/aromatic N) is 6. The second kappa shape index (κ2) is 29.2. The lowest BCUT2D eigenvalue weighted by molar-refractivity contribution is -0.401. The molecule has 4 atom stereocenters. The fourth-order valence-electron chi connectivity index (χ4n) is 20.4. The molecular weight excluding hydrogens is 1520 g/mol. The Labute approximate surface area is 671 Å². The van der Waals surface area contributed by atoms with E-state index in [0.29, 0.717) is 23.9 Å². The zero-order valence-corrected chi connectivity index (χ0v) is 68.2. The quantitative estimate of drug-likeness (QED) is 0.106. The molecule has 0 saturated heterocycles. The van der Waals surface area contributed by atoms with Crippen LogP contribution in [0.25, 0.3) is 72.4 Å². The summed E-state index contributed by atoms with van der Waals surface area (Å²) in [5.41, 5.74) is 27.0. The molecule has 9 heteroatoms. The maximum atomic E-state index is 2.60. The summed E-state index contributed by atoms with van der Waals surface area (Å²) >= 11 is 0. The SMILES string of the molecule is CCn1c2ccccc2c2cc(/C=C/C3=[N+](C)c4ccc5ccccc5c4C3(C)C)ccc21.C[N+]1=C(/C=C/c2ccc3c(c2)C2CCCC2N3c2ccccc2)C(C)(C)c2c1ccc1ccccc21.C[N+]1=C(/C=C/c2ccc3c(c2)C2CCCC2N3c2ccccc2)C(C)(C)c2c1ccc1ccccc21.[Br-].[Cl-].[I-]. The van der Waals surface area contributed by atoms with Crippen molar-refractivity contribution >= 4 is 129 Å². The molecule has 0 amide bonds. The molecule has 2 aliphatic carbocycles. The van der Waals surface area contributed by atoms with E-state index in [4.69, 9.17) is 0 Å². The number of hydrogen-bond acceptors (Lipinski definition) is 2. The molecule has 108 heavy (non-hydrogen) atoms. The van der Waals surface area contributed by atoms with Gasteiger partial charge in [-0.2, -0.15) is 13.7 Å². The van der Waals surface area contributed by atoms with E-state index in [2.05, 4.69) is 383 Å². The van der Waals surface area contributed by atoms with Crippen molar-refractivity contribution in [1.82, 2.24) is 4.57 Å². The Bertz CT molecular complexity index is 5670. The van der Waals surface area contributed by atoms with Gasteiger partial charge in [0.05, 0.1) is 16.2 Å². The maximum absolute atomic E-state index is 2.60. The molecule has 2 saturated carbocycles. The van der Waals surface area contributed by atoms with Crippen molar-refractivity contribution in [2.75, 3.05) is 30.9 Å². The highest BCUT2D eigenvalue weighted by atomic mass is 127. The van der Waals surface area contributed by atoms with Crippen molar-refractivity contribution in [3.8, 4) is 0 Å². The van der Waals surface area contributed by atoms with E-state index in [9.17, 15) is 0 Å². The van der Waals surface area contributed by atoms with Crippen LogP contribution in [-0.2, 0) is 22.8 Å². The van der Waals surface area contributed by atoms with Crippen LogP contribution in [0.3, 0.4) is 0 Å². The van der Waals surface area contributed by atoms with E-state index in [0.717, 1.165) is 6.54 Å². The van der Waals surface area contributed by atoms with Crippen molar-refractivity contribution in [1.29, 1.82) is 0 Å². The first-order chi connectivity index (χ1) is 51.1. The highest BCUT2D eigenvalue weighted by Crippen LogP contribution is 2.55. The topological polar surface area (TPSA) is 20.4 Å². The van der Waals surface area contributed by atoms with Crippen LogP contribution in [0, 0.1) is 0 Å². The third-order valence-electron chi connectivity index (χ3n) is 25.2. The van der Waals surface area contributed by atoms with Gasteiger partial charge in [-0.15, -0.1) is 0 Å². The average molecular weight is 1610 g/mol. The van der Waals surface area contributed by atoms with E-state index in [1.807, 2.05) is 0 Å². The van der Waals surface area contributed by atoms with Crippen LogP contribution in [0.5, 0.6) is 0 Å². The molecule has 2 fully saturated rings. The lowest BCUT2D eigenvalue weighted by Crippen LogP contribution is -3.00. The van der Waals surface area contributed by atoms with E-state index in [1.165, 1.54) is 194 Å². The third kappa shape index (κ3) is 12.1. The van der Waals surface area contributed by atoms with Gasteiger partial charge in [0.25, 0.3) is 0 Å². The lowest BCUT2D eigenvalue weighted by Gasteiger charge is -2.27. The molecule has 12 aromatic carbocycles. The fraction of sp³-hybridized carbons (Fsp3) is 0.242. The van der Waals surface area contributed by atoms with Gasteiger partial charge in [-0.3, -0.25) is 0 Å². The number of allylic oxidation sites excluding steroid dienone is 3. The van der Waals surface area contributed by atoms with Gasteiger partial charge in [0, 0.05) is 128 Å². The fourth-order valence-corrected chi connectivity index (χ4v) is 20.4. The second-order valence-corrected chi connectivity index (χ2v) is 32.0. The number of rotatable bonds is 9. The third-order valence-corrected chi connectivity index (χ3v) is 25.2. The number of halogens is 3. The molecule has 7 aliphatic rings. The summed E-state index contributed by atoms with van der Waals surface area (Å²) in [6.45, 7) is 17.4. The normalized spacial score (nSPS) is 19.3. The molecule has 20 rings (SSSR count). The van der Waals surface area contributed by atoms with Gasteiger partial charge in [0.2, 0.25) is 17.1 Å². The Hall–Kier alpha value is -9.45. The summed E-state index contributed by atoms with van der Waals surface area (Å²) in [5, 5.41) is 10.7. The zero-order chi connectivity index (χ0) is 71.6. The minimum Gasteiger partial charge on any atom is -1.00 e. The number of anilines is 4. The van der Waals surface area contributed by atoms with Crippen LogP contribution >= 0.6 is 0 Å². The van der Waals surface area contributed by atoms with Crippen molar-refractivity contribution in [3.63, 3.8) is 0 Å². The molecule has 0 spiro atoms. The van der Waals surface area contributed by atoms with Crippen LogP contribution in [0.1, 0.15) is 143 Å². The number of para-hydroxylation sites is 3. The number of hydrogen-bond donors (Lipinski definition) is 0. The van der Waals surface area contributed by atoms with E-state index < -0.39 is 0 Å². The first-order valence-corrected chi connectivity index (χ1v) is 38.5. The Kier molecular flexibility index (Phi) is 20.0. The van der Waals surface area contributed by atoms with Gasteiger partial charge in [-0.25, -0.2) is 0 Å².